The molecule has 0 atom stereocenters. The van der Waals surface area contributed by atoms with Crippen LogP contribution >= 0.6 is 0 Å². The molecular weight excluding hydrogens is 308 g/mol. The number of hydrogen-bond donors (Lipinski definition) is 2. The van der Waals surface area contributed by atoms with Crippen LogP contribution in [-0.4, -0.2) is 47.2 Å². The molecule has 130 valence electrons. The summed E-state index contributed by atoms with van der Waals surface area (Å²) < 4.78 is 0. The van der Waals surface area contributed by atoms with Gasteiger partial charge in [0.25, 0.3) is 5.69 Å². The van der Waals surface area contributed by atoms with Crippen molar-refractivity contribution in [1.29, 1.82) is 5.26 Å². The summed E-state index contributed by atoms with van der Waals surface area (Å²) in [4.78, 5) is 13.0. The first-order valence-electron chi connectivity index (χ1n) is 8.27. The van der Waals surface area contributed by atoms with Crippen LogP contribution in [0.25, 0.3) is 0 Å². The van der Waals surface area contributed by atoms with Crippen molar-refractivity contribution in [2.24, 2.45) is 0 Å². The Morgan fingerprint density at radius 3 is 2.71 bits per heavy atom. The highest BCUT2D eigenvalue weighted by Gasteiger charge is 2.36. The Morgan fingerprint density at radius 1 is 1.42 bits per heavy atom. The maximum Gasteiger partial charge on any atom is 0.293 e. The number of hydrogen-bond acceptors (Lipinski definition) is 6. The van der Waals surface area contributed by atoms with Crippen molar-refractivity contribution in [3.05, 3.63) is 33.9 Å². The molecule has 0 aliphatic heterocycles. The van der Waals surface area contributed by atoms with E-state index in [2.05, 4.69) is 10.2 Å². The molecule has 0 amide bonds. The van der Waals surface area contributed by atoms with E-state index in [0.717, 1.165) is 25.7 Å². The highest BCUT2D eigenvalue weighted by atomic mass is 16.6. The van der Waals surface area contributed by atoms with Crippen molar-refractivity contribution < 1.29 is 10.0 Å². The van der Waals surface area contributed by atoms with E-state index in [9.17, 15) is 15.2 Å². The topological polar surface area (TPSA) is 102 Å². The van der Waals surface area contributed by atoms with Gasteiger partial charge in [0.2, 0.25) is 0 Å². The fourth-order valence-corrected chi connectivity index (χ4v) is 3.45. The lowest BCUT2D eigenvalue weighted by Crippen LogP contribution is -2.53. The molecular formula is C17H24N4O3. The second kappa shape index (κ2) is 8.08. The van der Waals surface area contributed by atoms with Gasteiger partial charge in [-0.2, -0.15) is 5.26 Å². The van der Waals surface area contributed by atoms with E-state index in [0.29, 0.717) is 18.8 Å². The van der Waals surface area contributed by atoms with E-state index in [1.54, 1.807) is 12.1 Å². The monoisotopic (exact) mass is 332 g/mol. The maximum atomic E-state index is 11.3. The number of nitro benzene ring substituents is 1. The molecule has 7 heteroatoms. The quantitative estimate of drug-likeness (QED) is 0.587. The number of nitriles is 1. The van der Waals surface area contributed by atoms with Gasteiger partial charge in [0.1, 0.15) is 5.69 Å². The Labute approximate surface area is 142 Å². The number of aliphatic hydroxyl groups excluding tert-OH is 1. The van der Waals surface area contributed by atoms with Crippen molar-refractivity contribution in [3.8, 4) is 6.07 Å². The minimum absolute atomic E-state index is 0.0789. The van der Waals surface area contributed by atoms with Crippen LogP contribution in [-0.2, 0) is 0 Å². The minimum Gasteiger partial charge on any atom is -0.395 e. The largest absolute Gasteiger partial charge is 0.395 e. The lowest BCUT2D eigenvalue weighted by molar-refractivity contribution is -0.384. The van der Waals surface area contributed by atoms with Crippen LogP contribution in [0.2, 0.25) is 0 Å². The molecule has 0 radical (unpaired) electrons. The van der Waals surface area contributed by atoms with E-state index in [1.165, 1.54) is 12.5 Å². The zero-order valence-corrected chi connectivity index (χ0v) is 14.0. The first kappa shape index (κ1) is 18.2. The molecule has 0 aromatic heterocycles. The van der Waals surface area contributed by atoms with Gasteiger partial charge in [0.05, 0.1) is 23.2 Å². The molecule has 1 aromatic carbocycles. The fourth-order valence-electron chi connectivity index (χ4n) is 3.45. The highest BCUT2D eigenvalue weighted by molar-refractivity contribution is 5.64. The molecule has 2 rings (SSSR count). The Kier molecular flexibility index (Phi) is 6.12. The van der Waals surface area contributed by atoms with Gasteiger partial charge in [0.15, 0.2) is 0 Å². The summed E-state index contributed by atoms with van der Waals surface area (Å²) in [6.07, 6.45) is 5.44. The zero-order chi connectivity index (χ0) is 17.6. The highest BCUT2D eigenvalue weighted by Crippen LogP contribution is 2.34. The maximum absolute atomic E-state index is 11.3. The Hall–Kier alpha value is -2.17. The molecule has 0 saturated heterocycles. The van der Waals surface area contributed by atoms with Crippen molar-refractivity contribution >= 4 is 11.4 Å². The summed E-state index contributed by atoms with van der Waals surface area (Å²) in [5, 5.41) is 32.7. The predicted molar refractivity (Wildman–Crippen MR) is 91.8 cm³/mol. The number of nitrogens with one attached hydrogen (secondary N) is 1. The van der Waals surface area contributed by atoms with Crippen LogP contribution in [0.1, 0.15) is 37.7 Å². The third-order valence-corrected chi connectivity index (χ3v) is 4.96. The second-order valence-electron chi connectivity index (χ2n) is 6.38. The number of likely N-dealkylation sites (N-methyl/N-ethyl adjacent to an activating group) is 1. The molecule has 24 heavy (non-hydrogen) atoms. The lowest BCUT2D eigenvalue weighted by Gasteiger charge is -2.45. The third-order valence-electron chi connectivity index (χ3n) is 4.96. The van der Waals surface area contributed by atoms with E-state index < -0.39 is 4.92 Å². The van der Waals surface area contributed by atoms with Gasteiger partial charge in [-0.1, -0.05) is 19.3 Å². The standard InChI is InChI=1S/C17H24N4O3/c1-20(9-10-22)17(7-3-2-4-8-17)13-19-15-6-5-14(12-18)11-16(15)21(23)24/h5-6,11,19,22H,2-4,7-10,13H2,1H3. The van der Waals surface area contributed by atoms with Gasteiger partial charge in [-0.05, 0) is 32.0 Å². The average molecular weight is 332 g/mol. The number of benzene rings is 1. The summed E-state index contributed by atoms with van der Waals surface area (Å²) in [5.74, 6) is 0. The number of nitrogens with zero attached hydrogens (tertiary/aromatic N) is 3. The van der Waals surface area contributed by atoms with Crippen molar-refractivity contribution in [1.82, 2.24) is 4.90 Å². The number of nitro groups is 1. The zero-order valence-electron chi connectivity index (χ0n) is 14.0. The van der Waals surface area contributed by atoms with Gasteiger partial charge >= 0.3 is 0 Å². The molecule has 1 saturated carbocycles. The van der Waals surface area contributed by atoms with Crippen molar-refractivity contribution in [3.63, 3.8) is 0 Å². The number of aliphatic hydroxyl groups is 1. The van der Waals surface area contributed by atoms with E-state index >= 15 is 0 Å². The van der Waals surface area contributed by atoms with Crippen LogP contribution in [0.4, 0.5) is 11.4 Å². The van der Waals surface area contributed by atoms with Crippen LogP contribution in [0.5, 0.6) is 0 Å². The summed E-state index contributed by atoms with van der Waals surface area (Å²) in [5.41, 5.74) is 0.520. The minimum atomic E-state index is -0.464. The summed E-state index contributed by atoms with van der Waals surface area (Å²) in [6.45, 7) is 1.25. The van der Waals surface area contributed by atoms with Gasteiger partial charge < -0.3 is 10.4 Å². The number of rotatable bonds is 7. The molecule has 1 fully saturated rings. The number of β-amino-alcohol motifs (C(OH)–C–C–N with tert-alkyl or cyclic N) is 1. The summed E-state index contributed by atoms with van der Waals surface area (Å²) in [6, 6.07) is 6.41. The van der Waals surface area contributed by atoms with Gasteiger partial charge in [-0.25, -0.2) is 0 Å². The average Bonchev–Trinajstić information content (AvgIpc) is 2.60. The molecule has 1 aliphatic carbocycles. The van der Waals surface area contributed by atoms with E-state index in [-0.39, 0.29) is 23.4 Å². The van der Waals surface area contributed by atoms with Crippen LogP contribution in [0.15, 0.2) is 18.2 Å². The SMILES string of the molecule is CN(CCO)C1(CNc2ccc(C#N)cc2[N+](=O)[O-])CCCCC1. The molecule has 0 heterocycles. The molecule has 0 spiro atoms. The van der Waals surface area contributed by atoms with Crippen LogP contribution in [0, 0.1) is 21.4 Å². The molecule has 0 bridgehead atoms. The van der Waals surface area contributed by atoms with Crippen LogP contribution in [0.3, 0.4) is 0 Å². The fraction of sp³-hybridized carbons (Fsp3) is 0.588. The normalized spacial score (nSPS) is 16.6. The van der Waals surface area contributed by atoms with Crippen LogP contribution < -0.4 is 5.32 Å². The second-order valence-corrected chi connectivity index (χ2v) is 6.38. The first-order chi connectivity index (χ1) is 11.5. The van der Waals surface area contributed by atoms with Crippen molar-refractivity contribution in [2.45, 2.75) is 37.6 Å². The Morgan fingerprint density at radius 2 is 2.12 bits per heavy atom. The summed E-state index contributed by atoms with van der Waals surface area (Å²) in [7, 11) is 2.00. The van der Waals surface area contributed by atoms with E-state index in [4.69, 9.17) is 5.26 Å². The Bertz CT molecular complexity index is 621. The molecule has 1 aromatic rings. The summed E-state index contributed by atoms with van der Waals surface area (Å²) >= 11 is 0. The first-order valence-corrected chi connectivity index (χ1v) is 8.27. The number of anilines is 1. The molecule has 0 unspecified atom stereocenters. The molecule has 7 nitrogen and oxygen atoms in total. The lowest BCUT2D eigenvalue weighted by atomic mass is 9.80. The van der Waals surface area contributed by atoms with Crippen molar-refractivity contribution in [2.75, 3.05) is 32.1 Å². The Balaban J connectivity index is 2.20. The smallest absolute Gasteiger partial charge is 0.293 e. The van der Waals surface area contributed by atoms with Gasteiger partial charge in [-0.15, -0.1) is 0 Å². The van der Waals surface area contributed by atoms with Gasteiger partial charge in [-0.3, -0.25) is 15.0 Å². The van der Waals surface area contributed by atoms with Gasteiger partial charge in [0, 0.05) is 24.7 Å². The molecule has 2 N–H and O–H groups in total. The third kappa shape index (κ3) is 4.02. The molecule has 1 aliphatic rings. The predicted octanol–water partition coefficient (Wildman–Crippen LogP) is 2.51. The van der Waals surface area contributed by atoms with E-state index in [1.807, 2.05) is 13.1 Å².